The van der Waals surface area contributed by atoms with Crippen LogP contribution in [0.1, 0.15) is 30.4 Å². The van der Waals surface area contributed by atoms with Crippen LogP contribution < -0.4 is 10.1 Å². The highest BCUT2D eigenvalue weighted by Gasteiger charge is 2.53. The molecule has 2 aromatic carbocycles. The van der Waals surface area contributed by atoms with E-state index in [0.29, 0.717) is 25.2 Å². The Balaban J connectivity index is 1.41. The van der Waals surface area contributed by atoms with Gasteiger partial charge in [0, 0.05) is 6.54 Å². The van der Waals surface area contributed by atoms with Crippen molar-refractivity contribution < 1.29 is 18.7 Å². The Morgan fingerprint density at radius 1 is 1.11 bits per heavy atom. The predicted molar refractivity (Wildman–Crippen MR) is 97.8 cm³/mol. The first kappa shape index (κ1) is 17.5. The van der Waals surface area contributed by atoms with Crippen molar-refractivity contribution in [3.63, 3.8) is 0 Å². The number of hydrogen-bond donors (Lipinski definition) is 1. The molecule has 0 unspecified atom stereocenters. The topological polar surface area (TPSA) is 58.6 Å². The van der Waals surface area contributed by atoms with Gasteiger partial charge in [-0.1, -0.05) is 24.3 Å². The van der Waals surface area contributed by atoms with E-state index in [-0.39, 0.29) is 24.3 Å². The van der Waals surface area contributed by atoms with Gasteiger partial charge >= 0.3 is 6.03 Å². The standard InChI is InChI=1S/C21H21FN2O3/c22-16-8-10-17(11-9-16)27-14-4-13-24-19(25)21(23-20(24)26)12-3-6-15-5-1-2-7-18(15)21/h1-2,5,7-11H,3-4,6,12-14H2,(H,23,26)/t21-/m0/s1. The van der Waals surface area contributed by atoms with E-state index in [0.717, 1.165) is 24.0 Å². The van der Waals surface area contributed by atoms with Crippen LogP contribution in [0.4, 0.5) is 9.18 Å². The monoisotopic (exact) mass is 368 g/mol. The van der Waals surface area contributed by atoms with Crippen molar-refractivity contribution in [1.82, 2.24) is 10.2 Å². The van der Waals surface area contributed by atoms with Crippen LogP contribution in [0.25, 0.3) is 0 Å². The number of hydrogen-bond acceptors (Lipinski definition) is 3. The molecule has 1 spiro atoms. The fourth-order valence-corrected chi connectivity index (χ4v) is 3.96. The number of halogens is 1. The number of benzene rings is 2. The molecule has 0 aromatic heterocycles. The van der Waals surface area contributed by atoms with E-state index in [1.165, 1.54) is 17.0 Å². The number of imide groups is 1. The highest BCUT2D eigenvalue weighted by atomic mass is 19.1. The summed E-state index contributed by atoms with van der Waals surface area (Å²) in [6.45, 7) is 0.627. The van der Waals surface area contributed by atoms with Gasteiger partial charge in [0.25, 0.3) is 5.91 Å². The van der Waals surface area contributed by atoms with Gasteiger partial charge in [-0.05, 0) is 61.1 Å². The maximum absolute atomic E-state index is 13.1. The molecule has 1 fully saturated rings. The number of nitrogens with zero attached hydrogens (tertiary/aromatic N) is 1. The molecule has 0 bridgehead atoms. The molecule has 27 heavy (non-hydrogen) atoms. The minimum Gasteiger partial charge on any atom is -0.494 e. The lowest BCUT2D eigenvalue weighted by Crippen LogP contribution is -2.46. The first-order chi connectivity index (χ1) is 13.1. The summed E-state index contributed by atoms with van der Waals surface area (Å²) in [6.07, 6.45) is 2.92. The molecule has 2 aromatic rings. The summed E-state index contributed by atoms with van der Waals surface area (Å²) in [6, 6.07) is 13.2. The summed E-state index contributed by atoms with van der Waals surface area (Å²) < 4.78 is 18.4. The molecule has 1 aliphatic carbocycles. The van der Waals surface area contributed by atoms with Gasteiger partial charge in [-0.2, -0.15) is 0 Å². The van der Waals surface area contributed by atoms with Crippen molar-refractivity contribution in [3.8, 4) is 5.75 Å². The van der Waals surface area contributed by atoms with Crippen molar-refractivity contribution in [2.75, 3.05) is 13.2 Å². The molecule has 0 saturated carbocycles. The number of carbonyl (C=O) groups excluding carboxylic acids is 2. The zero-order chi connectivity index (χ0) is 18.9. The van der Waals surface area contributed by atoms with E-state index in [4.69, 9.17) is 4.74 Å². The van der Waals surface area contributed by atoms with Crippen LogP contribution in [-0.2, 0) is 16.8 Å². The smallest absolute Gasteiger partial charge is 0.325 e. The molecule has 4 rings (SSSR count). The van der Waals surface area contributed by atoms with Gasteiger partial charge in [-0.3, -0.25) is 9.69 Å². The number of rotatable bonds is 5. The van der Waals surface area contributed by atoms with E-state index >= 15 is 0 Å². The fraction of sp³-hybridized carbons (Fsp3) is 0.333. The molecule has 2 aliphatic rings. The summed E-state index contributed by atoms with van der Waals surface area (Å²) >= 11 is 0. The Kier molecular flexibility index (Phi) is 4.56. The largest absolute Gasteiger partial charge is 0.494 e. The quantitative estimate of drug-likeness (QED) is 0.650. The summed E-state index contributed by atoms with van der Waals surface area (Å²) in [5.41, 5.74) is 1.11. The number of carbonyl (C=O) groups is 2. The first-order valence-electron chi connectivity index (χ1n) is 9.21. The second-order valence-electron chi connectivity index (χ2n) is 6.96. The molecular weight excluding hydrogens is 347 g/mol. The van der Waals surface area contributed by atoms with Gasteiger partial charge in [0.05, 0.1) is 6.61 Å². The van der Waals surface area contributed by atoms with Crippen LogP contribution in [0.2, 0.25) is 0 Å². The van der Waals surface area contributed by atoms with Crippen molar-refractivity contribution in [3.05, 3.63) is 65.5 Å². The van der Waals surface area contributed by atoms with Gasteiger partial charge in [-0.25, -0.2) is 9.18 Å². The lowest BCUT2D eigenvalue weighted by atomic mass is 9.76. The molecule has 140 valence electrons. The molecule has 1 atom stereocenters. The molecule has 5 nitrogen and oxygen atoms in total. The molecule has 6 heteroatoms. The van der Waals surface area contributed by atoms with E-state index in [1.54, 1.807) is 12.1 Å². The Bertz CT molecular complexity index is 868. The second-order valence-corrected chi connectivity index (χ2v) is 6.96. The van der Waals surface area contributed by atoms with Crippen LogP contribution in [0.3, 0.4) is 0 Å². The summed E-state index contributed by atoms with van der Waals surface area (Å²) in [5.74, 6) is 0.0625. The number of aryl methyl sites for hydroxylation is 1. The molecule has 1 heterocycles. The Morgan fingerprint density at radius 3 is 2.70 bits per heavy atom. The number of urea groups is 1. The molecule has 3 amide bonds. The lowest BCUT2D eigenvalue weighted by Gasteiger charge is -2.33. The molecule has 0 radical (unpaired) electrons. The lowest BCUT2D eigenvalue weighted by molar-refractivity contribution is -0.132. The third kappa shape index (κ3) is 3.16. The highest BCUT2D eigenvalue weighted by molar-refractivity contribution is 6.07. The van der Waals surface area contributed by atoms with Crippen LogP contribution in [0.5, 0.6) is 5.75 Å². The third-order valence-electron chi connectivity index (χ3n) is 5.26. The maximum atomic E-state index is 13.1. The number of amides is 3. The zero-order valence-electron chi connectivity index (χ0n) is 14.9. The van der Waals surface area contributed by atoms with Gasteiger partial charge in [0.2, 0.25) is 0 Å². The second kappa shape index (κ2) is 7.02. The zero-order valence-corrected chi connectivity index (χ0v) is 14.9. The molecular formula is C21H21FN2O3. The van der Waals surface area contributed by atoms with Crippen molar-refractivity contribution >= 4 is 11.9 Å². The van der Waals surface area contributed by atoms with Gasteiger partial charge in [-0.15, -0.1) is 0 Å². The SMILES string of the molecule is O=C1N[C@]2(CCCc3ccccc32)C(=O)N1CCCOc1ccc(F)cc1. The minimum absolute atomic E-state index is 0.179. The Morgan fingerprint density at radius 2 is 1.89 bits per heavy atom. The van der Waals surface area contributed by atoms with E-state index in [9.17, 15) is 14.0 Å². The van der Waals surface area contributed by atoms with Crippen LogP contribution in [0.15, 0.2) is 48.5 Å². The summed E-state index contributed by atoms with van der Waals surface area (Å²) in [4.78, 5) is 26.9. The average molecular weight is 368 g/mol. The Labute approximate surface area is 157 Å². The van der Waals surface area contributed by atoms with E-state index in [1.807, 2.05) is 24.3 Å². The average Bonchev–Trinajstić information content (AvgIpc) is 2.91. The van der Waals surface area contributed by atoms with Crippen LogP contribution in [0, 0.1) is 5.82 Å². The highest BCUT2D eigenvalue weighted by Crippen LogP contribution is 2.39. The molecule has 1 aliphatic heterocycles. The normalized spacial score (nSPS) is 21.3. The fourth-order valence-electron chi connectivity index (χ4n) is 3.96. The van der Waals surface area contributed by atoms with Gasteiger partial charge < -0.3 is 10.1 Å². The number of fused-ring (bicyclic) bond motifs is 2. The van der Waals surface area contributed by atoms with E-state index in [2.05, 4.69) is 5.32 Å². The van der Waals surface area contributed by atoms with Crippen molar-refractivity contribution in [1.29, 1.82) is 0 Å². The van der Waals surface area contributed by atoms with Crippen molar-refractivity contribution in [2.24, 2.45) is 0 Å². The van der Waals surface area contributed by atoms with E-state index < -0.39 is 5.54 Å². The minimum atomic E-state index is -0.927. The van der Waals surface area contributed by atoms with Gasteiger partial charge in [0.1, 0.15) is 17.1 Å². The number of ether oxygens (including phenoxy) is 1. The first-order valence-corrected chi connectivity index (χ1v) is 9.21. The summed E-state index contributed by atoms with van der Waals surface area (Å²) in [5, 5.41) is 2.95. The molecule has 1 N–H and O–H groups in total. The number of nitrogens with one attached hydrogen (secondary N) is 1. The predicted octanol–water partition coefficient (Wildman–Crippen LogP) is 3.38. The summed E-state index contributed by atoms with van der Waals surface area (Å²) in [7, 11) is 0. The van der Waals surface area contributed by atoms with Crippen molar-refractivity contribution in [2.45, 2.75) is 31.2 Å². The Hall–Kier alpha value is -2.89. The third-order valence-corrected chi connectivity index (χ3v) is 5.26. The maximum Gasteiger partial charge on any atom is 0.325 e. The van der Waals surface area contributed by atoms with Crippen LogP contribution in [-0.4, -0.2) is 30.0 Å². The molecule has 1 saturated heterocycles. The van der Waals surface area contributed by atoms with Crippen LogP contribution >= 0.6 is 0 Å². The van der Waals surface area contributed by atoms with Gasteiger partial charge in [0.15, 0.2) is 0 Å².